The van der Waals surface area contributed by atoms with Gasteiger partial charge < -0.3 is 0 Å². The van der Waals surface area contributed by atoms with Crippen molar-refractivity contribution in [3.8, 4) is 11.1 Å². The number of aryl methyl sites for hydroxylation is 2. The topological polar surface area (TPSA) is 51.6 Å². The van der Waals surface area contributed by atoms with Crippen LogP contribution in [0.25, 0.3) is 33.2 Å². The fourth-order valence-electron chi connectivity index (χ4n) is 5.52. The molecule has 166 valence electrons. The number of benzene rings is 4. The van der Waals surface area contributed by atoms with Gasteiger partial charge in [0, 0.05) is 0 Å². The van der Waals surface area contributed by atoms with Crippen molar-refractivity contribution in [2.75, 3.05) is 0 Å². The van der Waals surface area contributed by atoms with E-state index in [1.165, 1.54) is 22.3 Å². The lowest BCUT2D eigenvalue weighted by Gasteiger charge is -2.31. The molecular formula is C31H22N4. The first-order valence-corrected chi connectivity index (χ1v) is 11.8. The average molecular weight is 451 g/mol. The molecule has 4 aromatic carbocycles. The molecule has 6 aromatic rings. The maximum Gasteiger partial charge on any atom is 0.109 e. The van der Waals surface area contributed by atoms with Crippen molar-refractivity contribution >= 4 is 22.1 Å². The normalized spacial score (nSPS) is 13.7. The summed E-state index contributed by atoms with van der Waals surface area (Å²) in [6.07, 6.45) is 3.83. The highest BCUT2D eigenvalue weighted by Crippen LogP contribution is 2.55. The number of rotatable bonds is 2. The zero-order valence-electron chi connectivity index (χ0n) is 19.5. The summed E-state index contributed by atoms with van der Waals surface area (Å²) in [5.74, 6) is 0. The van der Waals surface area contributed by atoms with Crippen molar-refractivity contribution in [1.29, 1.82) is 0 Å². The molecule has 0 radical (unpaired) electrons. The van der Waals surface area contributed by atoms with Crippen molar-refractivity contribution in [3.63, 3.8) is 0 Å². The lowest BCUT2D eigenvalue weighted by Crippen LogP contribution is -2.31. The van der Waals surface area contributed by atoms with Crippen LogP contribution in [0, 0.1) is 13.8 Å². The van der Waals surface area contributed by atoms with E-state index in [1.54, 1.807) is 0 Å². The van der Waals surface area contributed by atoms with Crippen molar-refractivity contribution < 1.29 is 0 Å². The van der Waals surface area contributed by atoms with E-state index in [2.05, 4.69) is 50.2 Å². The van der Waals surface area contributed by atoms with Crippen molar-refractivity contribution in [2.24, 2.45) is 0 Å². The average Bonchev–Trinajstić information content (AvgIpc) is 3.17. The minimum atomic E-state index is -0.722. The Hall–Kier alpha value is -4.44. The molecule has 2 aromatic heterocycles. The molecule has 2 heterocycles. The molecule has 1 aliphatic carbocycles. The van der Waals surface area contributed by atoms with E-state index in [0.717, 1.165) is 44.6 Å². The van der Waals surface area contributed by atoms with E-state index >= 15 is 0 Å². The second-order valence-corrected chi connectivity index (χ2v) is 9.34. The van der Waals surface area contributed by atoms with Crippen molar-refractivity contribution in [2.45, 2.75) is 19.3 Å². The predicted molar refractivity (Wildman–Crippen MR) is 139 cm³/mol. The molecule has 4 nitrogen and oxygen atoms in total. The van der Waals surface area contributed by atoms with Crippen LogP contribution in [0.3, 0.4) is 0 Å². The van der Waals surface area contributed by atoms with Gasteiger partial charge in [-0.2, -0.15) is 0 Å². The molecule has 35 heavy (non-hydrogen) atoms. The molecule has 0 unspecified atom stereocenters. The molecule has 0 fully saturated rings. The quantitative estimate of drug-likeness (QED) is 0.300. The summed E-state index contributed by atoms with van der Waals surface area (Å²) in [5.41, 5.74) is 11.7. The van der Waals surface area contributed by atoms with Gasteiger partial charge in [-0.1, -0.05) is 71.8 Å². The fraction of sp³-hybridized carbons (Fsp3) is 0.0968. The largest absolute Gasteiger partial charge is 0.253 e. The summed E-state index contributed by atoms with van der Waals surface area (Å²) in [5, 5.41) is 0. The summed E-state index contributed by atoms with van der Waals surface area (Å²) in [6.45, 7) is 4.28. The van der Waals surface area contributed by atoms with Crippen LogP contribution in [-0.4, -0.2) is 19.9 Å². The van der Waals surface area contributed by atoms with E-state index < -0.39 is 5.41 Å². The van der Waals surface area contributed by atoms with Crippen LogP contribution >= 0.6 is 0 Å². The SMILES string of the molecule is Cc1ccc2c(c1)-c1cc(C)ccc1C2(c1cnc2ccccc2n1)c1cnc2ccccc2n1. The van der Waals surface area contributed by atoms with E-state index in [9.17, 15) is 0 Å². The standard InChI is InChI=1S/C31H22N4/c1-19-11-13-23-21(15-19)22-16-20(2)12-14-24(22)31(23,29-17-32-25-7-3-5-9-27(25)34-29)30-18-33-26-8-4-6-10-28(26)35-30/h3-18H,1-2H3. The lowest BCUT2D eigenvalue weighted by atomic mass is 9.72. The summed E-state index contributed by atoms with van der Waals surface area (Å²) in [7, 11) is 0. The Bertz CT molecular complexity index is 1650. The van der Waals surface area contributed by atoms with Crippen LogP contribution in [-0.2, 0) is 5.41 Å². The third-order valence-corrected chi connectivity index (χ3v) is 7.11. The molecule has 0 saturated carbocycles. The Balaban J connectivity index is 1.66. The summed E-state index contributed by atoms with van der Waals surface area (Å²) < 4.78 is 0. The van der Waals surface area contributed by atoms with Gasteiger partial charge in [0.25, 0.3) is 0 Å². The zero-order chi connectivity index (χ0) is 23.6. The molecule has 0 atom stereocenters. The highest BCUT2D eigenvalue weighted by atomic mass is 14.9. The van der Waals surface area contributed by atoms with Gasteiger partial charge in [0.15, 0.2) is 0 Å². The highest BCUT2D eigenvalue weighted by Gasteiger charge is 2.49. The van der Waals surface area contributed by atoms with E-state index in [4.69, 9.17) is 19.9 Å². The third kappa shape index (κ3) is 2.80. The first-order valence-electron chi connectivity index (χ1n) is 11.8. The number of fused-ring (bicyclic) bond motifs is 5. The summed E-state index contributed by atoms with van der Waals surface area (Å²) >= 11 is 0. The Morgan fingerprint density at radius 2 is 0.943 bits per heavy atom. The molecule has 0 N–H and O–H groups in total. The number of nitrogens with zero attached hydrogens (tertiary/aromatic N) is 4. The van der Waals surface area contributed by atoms with Crippen LogP contribution < -0.4 is 0 Å². The predicted octanol–water partition coefficient (Wildman–Crippen LogP) is 6.55. The Labute approximate surface area is 203 Å². The second-order valence-electron chi connectivity index (χ2n) is 9.34. The minimum absolute atomic E-state index is 0.722. The van der Waals surface area contributed by atoms with Gasteiger partial charge >= 0.3 is 0 Å². The van der Waals surface area contributed by atoms with Gasteiger partial charge in [-0.05, 0) is 60.4 Å². The molecule has 1 aliphatic rings. The van der Waals surface area contributed by atoms with Gasteiger partial charge in [0.05, 0.1) is 45.8 Å². The fourth-order valence-corrected chi connectivity index (χ4v) is 5.52. The van der Waals surface area contributed by atoms with Crippen molar-refractivity contribution in [1.82, 2.24) is 19.9 Å². The monoisotopic (exact) mass is 450 g/mol. The van der Waals surface area contributed by atoms with Gasteiger partial charge in [0.1, 0.15) is 5.41 Å². The van der Waals surface area contributed by atoms with Gasteiger partial charge in [-0.25, -0.2) is 9.97 Å². The highest BCUT2D eigenvalue weighted by molar-refractivity contribution is 5.87. The maximum absolute atomic E-state index is 5.20. The maximum atomic E-state index is 5.20. The van der Waals surface area contributed by atoms with E-state index in [0.29, 0.717) is 0 Å². The number of aromatic nitrogens is 4. The van der Waals surface area contributed by atoms with Crippen LogP contribution in [0.1, 0.15) is 33.6 Å². The molecule has 0 bridgehead atoms. The van der Waals surface area contributed by atoms with E-state index in [-0.39, 0.29) is 0 Å². The molecular weight excluding hydrogens is 428 g/mol. The second kappa shape index (κ2) is 7.28. The molecule has 0 spiro atoms. The third-order valence-electron chi connectivity index (χ3n) is 7.11. The molecule has 7 rings (SSSR count). The van der Waals surface area contributed by atoms with Crippen LogP contribution in [0.15, 0.2) is 97.3 Å². The minimum Gasteiger partial charge on any atom is -0.253 e. The zero-order valence-corrected chi connectivity index (χ0v) is 19.5. The van der Waals surface area contributed by atoms with Crippen LogP contribution in [0.2, 0.25) is 0 Å². The number of para-hydroxylation sites is 4. The van der Waals surface area contributed by atoms with Crippen LogP contribution in [0.4, 0.5) is 0 Å². The molecule has 0 amide bonds. The first kappa shape index (κ1) is 20.0. The number of hydrogen-bond donors (Lipinski definition) is 0. The molecule has 4 heteroatoms. The van der Waals surface area contributed by atoms with Gasteiger partial charge in [0.2, 0.25) is 0 Å². The van der Waals surface area contributed by atoms with Crippen LogP contribution in [0.5, 0.6) is 0 Å². The first-order chi connectivity index (χ1) is 17.1. The Morgan fingerprint density at radius 3 is 1.40 bits per heavy atom. The van der Waals surface area contributed by atoms with Gasteiger partial charge in [-0.15, -0.1) is 0 Å². The summed E-state index contributed by atoms with van der Waals surface area (Å²) in [4.78, 5) is 20.1. The lowest BCUT2D eigenvalue weighted by molar-refractivity contribution is 0.704. The van der Waals surface area contributed by atoms with E-state index in [1.807, 2.05) is 60.9 Å². The Morgan fingerprint density at radius 1 is 0.514 bits per heavy atom. The smallest absolute Gasteiger partial charge is 0.109 e. The van der Waals surface area contributed by atoms with Gasteiger partial charge in [-0.3, -0.25) is 9.97 Å². The summed E-state index contributed by atoms with van der Waals surface area (Å²) in [6, 6.07) is 29.4. The molecule has 0 aliphatic heterocycles. The molecule has 0 saturated heterocycles. The number of hydrogen-bond acceptors (Lipinski definition) is 4. The Kier molecular flexibility index (Phi) is 4.15. The van der Waals surface area contributed by atoms with Crippen molar-refractivity contribution in [3.05, 3.63) is 131 Å².